The van der Waals surface area contributed by atoms with Gasteiger partial charge in [0.2, 0.25) is 11.8 Å². The van der Waals surface area contributed by atoms with Gasteiger partial charge in [-0.05, 0) is 56.4 Å². The average Bonchev–Trinajstić information content (AvgIpc) is 3.39. The first-order valence-electron chi connectivity index (χ1n) is 15.5. The number of imidazole rings is 1. The summed E-state index contributed by atoms with van der Waals surface area (Å²) in [5.41, 5.74) is 5.01. The predicted octanol–water partition coefficient (Wildman–Crippen LogP) is 4.14. The van der Waals surface area contributed by atoms with Crippen LogP contribution >= 0.6 is 0 Å². The normalized spacial score (nSPS) is 13.1. The lowest BCUT2D eigenvalue weighted by molar-refractivity contribution is -0.140. The Kier molecular flexibility index (Phi) is 12.6. The van der Waals surface area contributed by atoms with E-state index in [9.17, 15) is 28.3 Å². The molecule has 13 heteroatoms. The summed E-state index contributed by atoms with van der Waals surface area (Å²) in [7, 11) is 0. The van der Waals surface area contributed by atoms with E-state index in [1.807, 2.05) is 51.1 Å². The smallest absolute Gasteiger partial charge is 0.408 e. The van der Waals surface area contributed by atoms with Crippen LogP contribution in [-0.4, -0.2) is 75.3 Å². The highest BCUT2D eigenvalue weighted by Crippen LogP contribution is 2.39. The van der Waals surface area contributed by atoms with Crippen LogP contribution in [0.5, 0.6) is 0 Å². The molecule has 0 radical (unpaired) electrons. The van der Waals surface area contributed by atoms with Gasteiger partial charge in [-0.15, -0.1) is 0 Å². The molecule has 0 aliphatic rings. The zero-order valence-electron chi connectivity index (χ0n) is 27.8. The van der Waals surface area contributed by atoms with E-state index in [2.05, 4.69) is 10.6 Å². The second kappa shape index (κ2) is 16.0. The second-order valence-corrected chi connectivity index (χ2v) is 13.3. The number of benzene rings is 2. The Bertz CT molecular complexity index is 1520. The molecule has 1 heterocycles. The van der Waals surface area contributed by atoms with Gasteiger partial charge in [-0.3, -0.25) is 9.59 Å². The first-order chi connectivity index (χ1) is 22.0. The maximum atomic E-state index is 15.0. The highest BCUT2D eigenvalue weighted by atomic mass is 19.1. The molecule has 0 saturated carbocycles. The molecule has 0 aliphatic carbocycles. The Morgan fingerprint density at radius 2 is 1.74 bits per heavy atom. The van der Waals surface area contributed by atoms with Gasteiger partial charge in [0.25, 0.3) is 0 Å². The molecule has 5 N–H and O–H groups in total. The molecule has 256 valence electrons. The van der Waals surface area contributed by atoms with Gasteiger partial charge in [0.05, 0.1) is 11.7 Å². The van der Waals surface area contributed by atoms with Crippen LogP contribution in [0.25, 0.3) is 11.3 Å². The number of ether oxygens (including phenoxy) is 1. The summed E-state index contributed by atoms with van der Waals surface area (Å²) < 4.78 is 36.4. The molecule has 2 aromatic carbocycles. The minimum absolute atomic E-state index is 0.0519. The SMILES string of the molecule is CC(C)(C)OC(=O)N[C@@H](CCN(C(=O)CO)[C@@H](c1nc(-c2cc(F)ccc2F)cn1Cc1ccccc1)C(C)(C)C)C(=O)NCCN. The molecular weight excluding hydrogens is 610 g/mol. The van der Waals surface area contributed by atoms with E-state index in [1.165, 1.54) is 4.90 Å². The van der Waals surface area contributed by atoms with E-state index in [0.29, 0.717) is 5.82 Å². The number of amides is 3. The van der Waals surface area contributed by atoms with Crippen LogP contribution in [0.3, 0.4) is 0 Å². The first kappa shape index (κ1) is 37.1. The minimum Gasteiger partial charge on any atom is -0.444 e. The lowest BCUT2D eigenvalue weighted by Gasteiger charge is -2.40. The van der Waals surface area contributed by atoms with Crippen LogP contribution in [0.2, 0.25) is 0 Å². The summed E-state index contributed by atoms with van der Waals surface area (Å²) in [5.74, 6) is -2.14. The van der Waals surface area contributed by atoms with Crippen molar-refractivity contribution in [1.29, 1.82) is 0 Å². The van der Waals surface area contributed by atoms with Crippen molar-refractivity contribution in [2.24, 2.45) is 11.1 Å². The molecule has 0 fully saturated rings. The molecule has 3 rings (SSSR count). The third-order valence-electron chi connectivity index (χ3n) is 7.15. The lowest BCUT2D eigenvalue weighted by atomic mass is 9.84. The molecular formula is C34H46F2N6O5. The standard InChI is InChI=1S/C34H46F2N6O5/c1-33(2,3)29(42(28(44)21-43)17-14-26(31(45)38-16-15-37)40-32(46)47-34(4,5)6)30-39-27(24-18-23(35)12-13-25(24)36)20-41(30)19-22-10-8-7-9-11-22/h7-13,18,20,26,29,43H,14-17,19,21,37H2,1-6H3,(H,38,45)(H,40,46)/t26-,29-/m0/s1. The van der Waals surface area contributed by atoms with Gasteiger partial charge in [0, 0.05) is 37.9 Å². The fourth-order valence-corrected chi connectivity index (χ4v) is 5.17. The fraction of sp³-hybridized carbons (Fsp3) is 0.471. The maximum Gasteiger partial charge on any atom is 0.408 e. The van der Waals surface area contributed by atoms with E-state index in [-0.39, 0.29) is 43.9 Å². The van der Waals surface area contributed by atoms with Crippen molar-refractivity contribution in [3.05, 3.63) is 77.8 Å². The lowest BCUT2D eigenvalue weighted by Crippen LogP contribution is -2.51. The molecule has 11 nitrogen and oxygen atoms in total. The Morgan fingerprint density at radius 1 is 1.06 bits per heavy atom. The fourth-order valence-electron chi connectivity index (χ4n) is 5.17. The van der Waals surface area contributed by atoms with Gasteiger partial charge in [0.15, 0.2) is 0 Å². The molecule has 0 aliphatic heterocycles. The number of nitrogens with zero attached hydrogens (tertiary/aromatic N) is 3. The van der Waals surface area contributed by atoms with Gasteiger partial charge in [0.1, 0.15) is 35.7 Å². The van der Waals surface area contributed by atoms with Crippen molar-refractivity contribution < 1.29 is 33.0 Å². The average molecular weight is 657 g/mol. The number of carbonyl (C=O) groups is 3. The number of hydrogen-bond donors (Lipinski definition) is 4. The summed E-state index contributed by atoms with van der Waals surface area (Å²) in [6.07, 6.45) is 0.727. The molecule has 0 unspecified atom stereocenters. The number of aromatic nitrogens is 2. The van der Waals surface area contributed by atoms with E-state index >= 15 is 0 Å². The van der Waals surface area contributed by atoms with Crippen molar-refractivity contribution in [3.63, 3.8) is 0 Å². The highest BCUT2D eigenvalue weighted by molar-refractivity contribution is 5.86. The number of aliphatic hydroxyl groups excluding tert-OH is 1. The molecule has 0 spiro atoms. The quantitative estimate of drug-likeness (QED) is 0.216. The van der Waals surface area contributed by atoms with E-state index in [1.54, 1.807) is 31.5 Å². The van der Waals surface area contributed by atoms with Crippen LogP contribution in [-0.2, 0) is 20.9 Å². The number of nitrogens with one attached hydrogen (secondary N) is 2. The van der Waals surface area contributed by atoms with Crippen molar-refractivity contribution in [2.75, 3.05) is 26.2 Å². The van der Waals surface area contributed by atoms with Crippen LogP contribution in [0.15, 0.2) is 54.7 Å². The Morgan fingerprint density at radius 3 is 2.34 bits per heavy atom. The van der Waals surface area contributed by atoms with Crippen molar-refractivity contribution in [1.82, 2.24) is 25.1 Å². The van der Waals surface area contributed by atoms with Crippen molar-refractivity contribution >= 4 is 17.9 Å². The number of alkyl carbamates (subject to hydrolysis) is 1. The van der Waals surface area contributed by atoms with E-state index < -0.39 is 59.2 Å². The zero-order valence-corrected chi connectivity index (χ0v) is 27.8. The molecule has 47 heavy (non-hydrogen) atoms. The molecule has 1 aromatic heterocycles. The van der Waals surface area contributed by atoms with Crippen LogP contribution < -0.4 is 16.4 Å². The van der Waals surface area contributed by atoms with Crippen LogP contribution in [0.4, 0.5) is 13.6 Å². The summed E-state index contributed by atoms with van der Waals surface area (Å²) in [5, 5.41) is 15.3. The molecule has 3 amide bonds. The number of carbonyl (C=O) groups excluding carboxylic acids is 3. The number of rotatable bonds is 13. The monoisotopic (exact) mass is 656 g/mol. The van der Waals surface area contributed by atoms with Gasteiger partial charge in [-0.1, -0.05) is 51.1 Å². The van der Waals surface area contributed by atoms with Gasteiger partial charge in [-0.2, -0.15) is 0 Å². The van der Waals surface area contributed by atoms with Crippen LogP contribution in [0, 0.1) is 17.0 Å². The number of nitrogens with two attached hydrogens (primary N) is 1. The summed E-state index contributed by atoms with van der Waals surface area (Å²) >= 11 is 0. The summed E-state index contributed by atoms with van der Waals surface area (Å²) in [4.78, 5) is 45.4. The molecule has 3 aromatic rings. The highest BCUT2D eigenvalue weighted by Gasteiger charge is 2.39. The van der Waals surface area contributed by atoms with Crippen molar-refractivity contribution in [3.8, 4) is 11.3 Å². The number of aliphatic hydroxyl groups is 1. The van der Waals surface area contributed by atoms with Gasteiger partial charge >= 0.3 is 6.09 Å². The van der Waals surface area contributed by atoms with Crippen LogP contribution in [0.1, 0.15) is 65.4 Å². The minimum atomic E-state index is -1.12. The Balaban J connectivity index is 2.10. The zero-order chi connectivity index (χ0) is 34.9. The summed E-state index contributed by atoms with van der Waals surface area (Å²) in [6.45, 7) is 10.4. The predicted molar refractivity (Wildman–Crippen MR) is 174 cm³/mol. The van der Waals surface area contributed by atoms with Gasteiger partial charge in [-0.25, -0.2) is 18.6 Å². The Hall–Kier alpha value is -4.36. The Labute approximate surface area is 274 Å². The second-order valence-electron chi connectivity index (χ2n) is 13.3. The number of hydrogen-bond acceptors (Lipinski definition) is 7. The summed E-state index contributed by atoms with van der Waals surface area (Å²) in [6, 6.07) is 10.6. The van der Waals surface area contributed by atoms with Gasteiger partial charge < -0.3 is 35.7 Å². The largest absolute Gasteiger partial charge is 0.444 e. The molecule has 2 atom stereocenters. The molecule has 0 saturated heterocycles. The first-order valence-corrected chi connectivity index (χ1v) is 15.5. The van der Waals surface area contributed by atoms with Crippen molar-refractivity contribution in [2.45, 2.75) is 72.2 Å². The van der Waals surface area contributed by atoms with E-state index in [4.69, 9.17) is 15.5 Å². The molecule has 0 bridgehead atoms. The third kappa shape index (κ3) is 10.6. The topological polar surface area (TPSA) is 152 Å². The number of halogens is 2. The van der Waals surface area contributed by atoms with E-state index in [0.717, 1.165) is 23.8 Å². The maximum absolute atomic E-state index is 15.0. The third-order valence-corrected chi connectivity index (χ3v) is 7.15.